The molecule has 54 valence electrons. The minimum Gasteiger partial charge on any atom is -0.238 e. The normalized spacial score (nSPS) is 10.0. The van der Waals surface area contributed by atoms with E-state index in [-0.39, 0.29) is 10.7 Å². The third kappa shape index (κ3) is 1.09. The zero-order valence-electron chi connectivity index (χ0n) is 5.16. The molecule has 4 heteroatoms. The number of pyridine rings is 1. The summed E-state index contributed by atoms with van der Waals surface area (Å²) < 4.78 is 25.0. The lowest BCUT2D eigenvalue weighted by Crippen LogP contribution is -1.91. The molecule has 0 saturated carbocycles. The molecule has 1 aromatic heterocycles. The number of aromatic nitrogens is 1. The highest BCUT2D eigenvalue weighted by atomic mass is 35.5. The van der Waals surface area contributed by atoms with Gasteiger partial charge in [0.15, 0.2) is 11.0 Å². The molecule has 0 aliphatic carbocycles. The molecule has 10 heavy (non-hydrogen) atoms. The van der Waals surface area contributed by atoms with Gasteiger partial charge in [-0.3, -0.25) is 0 Å². The Morgan fingerprint density at radius 2 is 2.10 bits per heavy atom. The molecule has 0 unspecified atom stereocenters. The van der Waals surface area contributed by atoms with Gasteiger partial charge in [-0.2, -0.15) is 0 Å². The van der Waals surface area contributed by atoms with Crippen LogP contribution in [-0.2, 0) is 0 Å². The van der Waals surface area contributed by atoms with Crippen molar-refractivity contribution in [1.82, 2.24) is 4.98 Å². The van der Waals surface area contributed by atoms with E-state index in [2.05, 4.69) is 4.98 Å². The molecule has 0 bridgehead atoms. The molecule has 0 amide bonds. The van der Waals surface area contributed by atoms with Crippen molar-refractivity contribution < 1.29 is 8.78 Å². The topological polar surface area (TPSA) is 12.9 Å². The Hall–Kier alpha value is -0.700. The van der Waals surface area contributed by atoms with Crippen molar-refractivity contribution in [1.29, 1.82) is 0 Å². The van der Waals surface area contributed by atoms with Gasteiger partial charge in [-0.1, -0.05) is 11.6 Å². The Labute approximate surface area is 61.7 Å². The highest BCUT2D eigenvalue weighted by Gasteiger charge is 2.07. The van der Waals surface area contributed by atoms with E-state index in [0.717, 1.165) is 6.20 Å². The van der Waals surface area contributed by atoms with Crippen molar-refractivity contribution in [3.05, 3.63) is 28.5 Å². The number of halogens is 3. The molecule has 1 heterocycles. The average Bonchev–Trinajstić information content (AvgIpc) is 1.93. The monoisotopic (exact) mass is 163 g/mol. The van der Waals surface area contributed by atoms with Crippen LogP contribution in [-0.4, -0.2) is 4.98 Å². The fraction of sp³-hybridized carbons (Fsp3) is 0.167. The molecule has 0 aliphatic heterocycles. The summed E-state index contributed by atoms with van der Waals surface area (Å²) in [7, 11) is 0. The van der Waals surface area contributed by atoms with Crippen molar-refractivity contribution in [3.63, 3.8) is 0 Å². The first-order chi connectivity index (χ1) is 4.63. The molecule has 0 spiro atoms. The van der Waals surface area contributed by atoms with Gasteiger partial charge in [-0.05, 0) is 6.92 Å². The predicted octanol–water partition coefficient (Wildman–Crippen LogP) is 2.32. The van der Waals surface area contributed by atoms with Crippen LogP contribution in [0.5, 0.6) is 0 Å². The zero-order chi connectivity index (χ0) is 7.72. The lowest BCUT2D eigenvalue weighted by molar-refractivity contribution is 0.558. The molecule has 0 aliphatic rings. The summed E-state index contributed by atoms with van der Waals surface area (Å²) in [5.41, 5.74) is -0.0972. The molecule has 0 saturated heterocycles. The largest absolute Gasteiger partial charge is 0.238 e. The van der Waals surface area contributed by atoms with Crippen LogP contribution in [0.15, 0.2) is 6.20 Å². The van der Waals surface area contributed by atoms with E-state index in [4.69, 9.17) is 11.6 Å². The van der Waals surface area contributed by atoms with Crippen LogP contribution in [0.4, 0.5) is 8.78 Å². The van der Waals surface area contributed by atoms with Crippen LogP contribution < -0.4 is 0 Å². The first-order valence-electron chi connectivity index (χ1n) is 2.59. The first kappa shape index (κ1) is 7.41. The van der Waals surface area contributed by atoms with Gasteiger partial charge in [0.1, 0.15) is 5.82 Å². The smallest absolute Gasteiger partial charge is 0.166 e. The molecule has 1 aromatic rings. The number of hydrogen-bond donors (Lipinski definition) is 0. The SMILES string of the molecule is Cc1c(F)cnc(Cl)c1F. The minimum atomic E-state index is -0.790. The fourth-order valence-corrected chi connectivity index (χ4v) is 0.717. The molecular weight excluding hydrogens is 160 g/mol. The van der Waals surface area contributed by atoms with Gasteiger partial charge in [0.25, 0.3) is 0 Å². The van der Waals surface area contributed by atoms with Crippen LogP contribution >= 0.6 is 11.6 Å². The minimum absolute atomic E-state index is 0.0972. The van der Waals surface area contributed by atoms with Crippen molar-refractivity contribution in [2.45, 2.75) is 6.92 Å². The van der Waals surface area contributed by atoms with Crippen molar-refractivity contribution >= 4 is 11.6 Å². The average molecular weight is 164 g/mol. The number of nitrogens with zero attached hydrogens (tertiary/aromatic N) is 1. The molecule has 0 N–H and O–H groups in total. The molecule has 1 nitrogen and oxygen atoms in total. The maximum atomic E-state index is 12.6. The summed E-state index contributed by atoms with van der Waals surface area (Å²) in [6.07, 6.45) is 0.890. The number of rotatable bonds is 0. The van der Waals surface area contributed by atoms with E-state index in [1.807, 2.05) is 0 Å². The molecular formula is C6H4ClF2N. The standard InChI is InChI=1S/C6H4ClF2N/c1-3-4(8)2-10-6(7)5(3)9/h2H,1H3. The van der Waals surface area contributed by atoms with Crippen LogP contribution in [0, 0.1) is 18.6 Å². The van der Waals surface area contributed by atoms with E-state index >= 15 is 0 Å². The maximum absolute atomic E-state index is 12.6. The molecule has 0 radical (unpaired) electrons. The summed E-state index contributed by atoms with van der Waals surface area (Å²) in [5, 5.41) is -0.293. The summed E-state index contributed by atoms with van der Waals surface area (Å²) in [5.74, 6) is -1.47. The third-order valence-corrected chi connectivity index (χ3v) is 1.42. The van der Waals surface area contributed by atoms with Crippen molar-refractivity contribution in [2.75, 3.05) is 0 Å². The summed E-state index contributed by atoms with van der Waals surface area (Å²) >= 11 is 5.23. The van der Waals surface area contributed by atoms with Crippen LogP contribution in [0.3, 0.4) is 0 Å². The Morgan fingerprint density at radius 3 is 2.60 bits per heavy atom. The van der Waals surface area contributed by atoms with E-state index in [0.29, 0.717) is 0 Å². The Balaban J connectivity index is 3.34. The highest BCUT2D eigenvalue weighted by molar-refractivity contribution is 6.29. The highest BCUT2D eigenvalue weighted by Crippen LogP contribution is 2.16. The molecule has 0 atom stereocenters. The lowest BCUT2D eigenvalue weighted by atomic mass is 10.3. The Morgan fingerprint density at radius 1 is 1.50 bits per heavy atom. The van der Waals surface area contributed by atoms with Crippen LogP contribution in [0.1, 0.15) is 5.56 Å². The van der Waals surface area contributed by atoms with E-state index in [1.54, 1.807) is 0 Å². The van der Waals surface area contributed by atoms with Crippen molar-refractivity contribution in [2.24, 2.45) is 0 Å². The quantitative estimate of drug-likeness (QED) is 0.535. The van der Waals surface area contributed by atoms with Gasteiger partial charge < -0.3 is 0 Å². The van der Waals surface area contributed by atoms with Gasteiger partial charge in [-0.15, -0.1) is 0 Å². The van der Waals surface area contributed by atoms with Crippen molar-refractivity contribution in [3.8, 4) is 0 Å². The van der Waals surface area contributed by atoms with Crippen LogP contribution in [0.25, 0.3) is 0 Å². The lowest BCUT2D eigenvalue weighted by Gasteiger charge is -1.97. The molecule has 0 fully saturated rings. The predicted molar refractivity (Wildman–Crippen MR) is 33.9 cm³/mol. The second-order valence-corrected chi connectivity index (χ2v) is 2.19. The van der Waals surface area contributed by atoms with Gasteiger partial charge in [0.05, 0.1) is 6.20 Å². The third-order valence-electron chi connectivity index (χ3n) is 1.16. The second kappa shape index (κ2) is 2.50. The molecule has 0 aromatic carbocycles. The van der Waals surface area contributed by atoms with E-state index in [1.165, 1.54) is 6.92 Å². The van der Waals surface area contributed by atoms with Gasteiger partial charge in [0.2, 0.25) is 0 Å². The zero-order valence-corrected chi connectivity index (χ0v) is 5.91. The molecule has 1 rings (SSSR count). The van der Waals surface area contributed by atoms with E-state index in [9.17, 15) is 8.78 Å². The van der Waals surface area contributed by atoms with E-state index < -0.39 is 11.6 Å². The van der Waals surface area contributed by atoms with Gasteiger partial charge >= 0.3 is 0 Å². The second-order valence-electron chi connectivity index (χ2n) is 1.84. The van der Waals surface area contributed by atoms with Crippen LogP contribution in [0.2, 0.25) is 5.15 Å². The summed E-state index contributed by atoms with van der Waals surface area (Å²) in [4.78, 5) is 3.25. The Kier molecular flexibility index (Phi) is 1.85. The van der Waals surface area contributed by atoms with Gasteiger partial charge in [0, 0.05) is 5.56 Å². The summed E-state index contributed by atoms with van der Waals surface area (Å²) in [6.45, 7) is 1.30. The van der Waals surface area contributed by atoms with Gasteiger partial charge in [-0.25, -0.2) is 13.8 Å². The summed E-state index contributed by atoms with van der Waals surface area (Å²) in [6, 6.07) is 0. The number of hydrogen-bond acceptors (Lipinski definition) is 1. The fourth-order valence-electron chi connectivity index (χ4n) is 0.526. The first-order valence-corrected chi connectivity index (χ1v) is 2.97. The maximum Gasteiger partial charge on any atom is 0.166 e. The Bertz CT molecular complexity index is 235.